The highest BCUT2D eigenvalue weighted by Gasteiger charge is 2.25. The minimum atomic E-state index is -0.873. The molecular weight excluding hydrogens is 291 g/mol. The Kier molecular flexibility index (Phi) is 6.85. The molecule has 1 nitrogen and oxygen atoms in total. The molecule has 0 aromatic heterocycles. The van der Waals surface area contributed by atoms with E-state index in [1.165, 1.54) is 17.3 Å². The van der Waals surface area contributed by atoms with Gasteiger partial charge in [-0.2, -0.15) is 0 Å². The molecule has 0 fully saturated rings. The Labute approximate surface area is 98.5 Å². The number of halogens is 1. The molecule has 0 spiro atoms. The van der Waals surface area contributed by atoms with Crippen LogP contribution in [0, 0.1) is 5.41 Å². The Morgan fingerprint density at radius 2 is 1.85 bits per heavy atom. The van der Waals surface area contributed by atoms with Gasteiger partial charge in [-0.25, -0.2) is 0 Å². The Balaban J connectivity index is 4.03. The van der Waals surface area contributed by atoms with Crippen LogP contribution < -0.4 is 0 Å². The van der Waals surface area contributed by atoms with Gasteiger partial charge in [0.1, 0.15) is 0 Å². The molecule has 0 aliphatic rings. The summed E-state index contributed by atoms with van der Waals surface area (Å²) < 4.78 is 7.30. The summed E-state index contributed by atoms with van der Waals surface area (Å²) in [7, 11) is -0.873. The van der Waals surface area contributed by atoms with E-state index in [4.69, 9.17) is 4.43 Å². The third-order valence-corrected chi connectivity index (χ3v) is 3.64. The van der Waals surface area contributed by atoms with Crippen LogP contribution in [0.25, 0.3) is 0 Å². The molecule has 80 valence electrons. The van der Waals surface area contributed by atoms with Crippen molar-refractivity contribution in [3.63, 3.8) is 0 Å². The normalized spacial score (nSPS) is 15.0. The van der Waals surface area contributed by atoms with E-state index in [9.17, 15) is 0 Å². The fourth-order valence-corrected chi connectivity index (χ4v) is 2.94. The number of hydrogen-bond acceptors (Lipinski definition) is 1. The van der Waals surface area contributed by atoms with Crippen molar-refractivity contribution >= 4 is 31.6 Å². The van der Waals surface area contributed by atoms with E-state index >= 15 is 0 Å². The van der Waals surface area contributed by atoms with Crippen molar-refractivity contribution in [1.82, 2.24) is 0 Å². The lowest BCUT2D eigenvalue weighted by molar-refractivity contribution is 0.0783. The summed E-state index contributed by atoms with van der Waals surface area (Å²) in [5.74, 6) is 0. The van der Waals surface area contributed by atoms with Gasteiger partial charge in [-0.05, 0) is 35.8 Å². The molecule has 0 amide bonds. The van der Waals surface area contributed by atoms with Crippen molar-refractivity contribution in [3.8, 4) is 0 Å². The highest BCUT2D eigenvalue weighted by atomic mass is 127. The van der Waals surface area contributed by atoms with Crippen LogP contribution in [0.4, 0.5) is 0 Å². The van der Waals surface area contributed by atoms with E-state index in [0.29, 0.717) is 11.5 Å². The molecule has 0 bridgehead atoms. The van der Waals surface area contributed by atoms with E-state index in [1.54, 1.807) is 0 Å². The van der Waals surface area contributed by atoms with Crippen molar-refractivity contribution in [3.05, 3.63) is 0 Å². The molecule has 1 atom stereocenters. The highest BCUT2D eigenvalue weighted by Crippen LogP contribution is 2.26. The van der Waals surface area contributed by atoms with Gasteiger partial charge in [0.05, 0.1) is 0 Å². The molecule has 0 radical (unpaired) electrons. The lowest BCUT2D eigenvalue weighted by atomic mass is 9.87. The van der Waals surface area contributed by atoms with Crippen molar-refractivity contribution < 1.29 is 4.43 Å². The van der Waals surface area contributed by atoms with Gasteiger partial charge in [0.15, 0.2) is 9.04 Å². The molecule has 0 saturated heterocycles. The molecule has 3 heteroatoms. The standard InChI is InChI=1S/C10H23IOSi/c1-10(2,3)9(7-6-8-11)12-13(4)5/h9,13H,6-8H2,1-5H3. The van der Waals surface area contributed by atoms with E-state index in [1.807, 2.05) is 0 Å². The molecule has 0 aliphatic heterocycles. The molecule has 1 unspecified atom stereocenters. The molecule has 0 rings (SSSR count). The maximum atomic E-state index is 6.05. The third-order valence-electron chi connectivity index (χ3n) is 2.00. The van der Waals surface area contributed by atoms with Crippen LogP contribution in [0.5, 0.6) is 0 Å². The Bertz CT molecular complexity index is 131. The Morgan fingerprint density at radius 1 is 1.31 bits per heavy atom. The van der Waals surface area contributed by atoms with Crippen molar-refractivity contribution in [2.75, 3.05) is 4.43 Å². The molecule has 0 aromatic rings. The molecule has 0 saturated carbocycles. The highest BCUT2D eigenvalue weighted by molar-refractivity contribution is 14.1. The largest absolute Gasteiger partial charge is 0.417 e. The van der Waals surface area contributed by atoms with Crippen molar-refractivity contribution in [2.45, 2.75) is 52.8 Å². The zero-order valence-corrected chi connectivity index (χ0v) is 12.9. The van der Waals surface area contributed by atoms with E-state index in [0.717, 1.165) is 0 Å². The third kappa shape index (κ3) is 6.91. The van der Waals surface area contributed by atoms with E-state index in [-0.39, 0.29) is 0 Å². The fourth-order valence-electron chi connectivity index (χ4n) is 1.30. The fraction of sp³-hybridized carbons (Fsp3) is 1.00. The zero-order chi connectivity index (χ0) is 10.5. The first-order valence-corrected chi connectivity index (χ1v) is 9.40. The van der Waals surface area contributed by atoms with E-state index < -0.39 is 9.04 Å². The van der Waals surface area contributed by atoms with Crippen molar-refractivity contribution in [1.29, 1.82) is 0 Å². The smallest absolute Gasteiger partial charge is 0.171 e. The van der Waals surface area contributed by atoms with Crippen LogP contribution in [0.3, 0.4) is 0 Å². The lowest BCUT2D eigenvalue weighted by Crippen LogP contribution is -2.33. The number of rotatable bonds is 5. The van der Waals surface area contributed by atoms with Crippen LogP contribution in [0.2, 0.25) is 13.1 Å². The maximum Gasteiger partial charge on any atom is 0.171 e. The Morgan fingerprint density at radius 3 is 2.15 bits per heavy atom. The average molecular weight is 314 g/mol. The lowest BCUT2D eigenvalue weighted by Gasteiger charge is -2.32. The summed E-state index contributed by atoms with van der Waals surface area (Å²) in [6, 6.07) is 0. The summed E-state index contributed by atoms with van der Waals surface area (Å²) in [4.78, 5) is 0. The van der Waals surface area contributed by atoms with Crippen molar-refractivity contribution in [2.24, 2.45) is 5.41 Å². The van der Waals surface area contributed by atoms with Gasteiger partial charge in [0, 0.05) is 6.10 Å². The second-order valence-corrected chi connectivity index (χ2v) is 8.32. The van der Waals surface area contributed by atoms with Gasteiger partial charge in [0.25, 0.3) is 0 Å². The monoisotopic (exact) mass is 314 g/mol. The summed E-state index contributed by atoms with van der Waals surface area (Å²) in [5.41, 5.74) is 0.309. The van der Waals surface area contributed by atoms with E-state index in [2.05, 4.69) is 56.5 Å². The molecule has 0 N–H and O–H groups in total. The summed E-state index contributed by atoms with van der Waals surface area (Å²) in [6.07, 6.45) is 2.97. The summed E-state index contributed by atoms with van der Waals surface area (Å²) >= 11 is 2.44. The van der Waals surface area contributed by atoms with Gasteiger partial charge in [-0.15, -0.1) is 0 Å². The zero-order valence-electron chi connectivity index (χ0n) is 9.56. The van der Waals surface area contributed by atoms with Crippen LogP contribution in [0.15, 0.2) is 0 Å². The van der Waals surface area contributed by atoms with Crippen LogP contribution in [-0.2, 0) is 4.43 Å². The van der Waals surface area contributed by atoms with Crippen LogP contribution in [0.1, 0.15) is 33.6 Å². The van der Waals surface area contributed by atoms with Gasteiger partial charge in [0.2, 0.25) is 0 Å². The van der Waals surface area contributed by atoms with Gasteiger partial charge in [-0.1, -0.05) is 43.4 Å². The second kappa shape index (κ2) is 6.40. The Hall–Kier alpha value is 0.907. The summed E-state index contributed by atoms with van der Waals surface area (Å²) in [6.45, 7) is 11.3. The number of alkyl halides is 1. The SMILES string of the molecule is C[SiH](C)OC(CCCI)C(C)(C)C. The molecular formula is C10H23IOSi. The molecule has 0 heterocycles. The molecule has 0 aromatic carbocycles. The number of hydrogen-bond donors (Lipinski definition) is 0. The molecule has 13 heavy (non-hydrogen) atoms. The topological polar surface area (TPSA) is 9.23 Å². The minimum Gasteiger partial charge on any atom is -0.417 e. The van der Waals surface area contributed by atoms with Crippen LogP contribution >= 0.6 is 22.6 Å². The molecule has 0 aliphatic carbocycles. The minimum absolute atomic E-state index is 0.309. The maximum absolute atomic E-state index is 6.05. The van der Waals surface area contributed by atoms with Gasteiger partial charge in [-0.3, -0.25) is 0 Å². The second-order valence-electron chi connectivity index (χ2n) is 4.87. The average Bonchev–Trinajstić information content (AvgIpc) is 1.95. The predicted molar refractivity (Wildman–Crippen MR) is 71.3 cm³/mol. The quantitative estimate of drug-likeness (QED) is 0.428. The summed E-state index contributed by atoms with van der Waals surface area (Å²) in [5, 5.41) is 0. The predicted octanol–water partition coefficient (Wildman–Crippen LogP) is 3.62. The van der Waals surface area contributed by atoms with Gasteiger partial charge >= 0.3 is 0 Å². The van der Waals surface area contributed by atoms with Gasteiger partial charge < -0.3 is 4.43 Å². The van der Waals surface area contributed by atoms with Crippen LogP contribution in [-0.4, -0.2) is 19.6 Å². The first kappa shape index (κ1) is 13.9. The first-order valence-electron chi connectivity index (χ1n) is 5.09. The first-order chi connectivity index (χ1) is 5.88.